The van der Waals surface area contributed by atoms with E-state index >= 15 is 0 Å². The van der Waals surface area contributed by atoms with Gasteiger partial charge in [0.15, 0.2) is 12.0 Å². The van der Waals surface area contributed by atoms with Crippen molar-refractivity contribution in [2.24, 2.45) is 22.2 Å². The Bertz CT molecular complexity index is 951. The Kier molecular flexibility index (Phi) is 12.8. The molecule has 1 aromatic rings. The number of aromatic hydroxyl groups is 1. The smallest absolute Gasteiger partial charge is 0.328 e. The molecule has 0 saturated heterocycles. The van der Waals surface area contributed by atoms with Gasteiger partial charge in [-0.15, -0.1) is 0 Å². The Morgan fingerprint density at radius 3 is 2.05 bits per heavy atom. The van der Waals surface area contributed by atoms with E-state index in [4.69, 9.17) is 22.3 Å². The molecule has 15 heteroatoms. The number of nitrogens with one attached hydrogen (secondary N) is 3. The van der Waals surface area contributed by atoms with Crippen LogP contribution in [0, 0.1) is 0 Å². The average molecular weight is 526 g/mol. The van der Waals surface area contributed by atoms with Gasteiger partial charge in [0.05, 0.1) is 18.8 Å². The molecule has 0 radical (unpaired) electrons. The third-order valence-electron chi connectivity index (χ3n) is 5.18. The minimum Gasteiger partial charge on any atom is -0.508 e. The number of nitrogens with zero attached hydrogens (tertiary/aromatic N) is 1. The summed E-state index contributed by atoms with van der Waals surface area (Å²) >= 11 is 0. The second-order valence-electron chi connectivity index (χ2n) is 8.30. The van der Waals surface area contributed by atoms with Crippen LogP contribution >= 0.6 is 0 Å². The van der Waals surface area contributed by atoms with Gasteiger partial charge in [-0.25, -0.2) is 4.79 Å². The first-order valence-electron chi connectivity index (χ1n) is 11.4. The van der Waals surface area contributed by atoms with Crippen molar-refractivity contribution < 1.29 is 39.6 Å². The number of aliphatic hydroxyl groups excluding tert-OH is 2. The lowest BCUT2D eigenvalue weighted by Crippen LogP contribution is -2.59. The second-order valence-corrected chi connectivity index (χ2v) is 8.30. The van der Waals surface area contributed by atoms with Crippen molar-refractivity contribution in [2.75, 3.05) is 13.2 Å². The van der Waals surface area contributed by atoms with Crippen molar-refractivity contribution >= 4 is 29.7 Å². The monoisotopic (exact) mass is 525 g/mol. The van der Waals surface area contributed by atoms with Crippen LogP contribution in [0.1, 0.15) is 25.3 Å². The largest absolute Gasteiger partial charge is 0.508 e. The highest BCUT2D eigenvalue weighted by Gasteiger charge is 2.31. The number of phenolic OH excluding ortho intramolecular Hbond substituents is 1. The highest BCUT2D eigenvalue weighted by Crippen LogP contribution is 2.12. The Hall–Kier alpha value is -3.95. The molecular weight excluding hydrogens is 490 g/mol. The first kappa shape index (κ1) is 31.1. The zero-order valence-corrected chi connectivity index (χ0v) is 20.3. The van der Waals surface area contributed by atoms with E-state index in [0.717, 1.165) is 6.92 Å². The van der Waals surface area contributed by atoms with E-state index in [-0.39, 0.29) is 31.1 Å². The summed E-state index contributed by atoms with van der Waals surface area (Å²) in [7, 11) is 0. The molecule has 0 bridgehead atoms. The number of nitrogens with two attached hydrogens (primary N) is 3. The fraction of sp³-hybridized carbons (Fsp3) is 0.500. The van der Waals surface area contributed by atoms with E-state index in [1.54, 1.807) is 0 Å². The number of amides is 3. The summed E-state index contributed by atoms with van der Waals surface area (Å²) in [4.78, 5) is 53.1. The summed E-state index contributed by atoms with van der Waals surface area (Å²) in [5.41, 5.74) is 17.0. The van der Waals surface area contributed by atoms with Crippen molar-refractivity contribution in [2.45, 2.75) is 56.5 Å². The number of hydrogen-bond acceptors (Lipinski definition) is 9. The third-order valence-corrected chi connectivity index (χ3v) is 5.18. The summed E-state index contributed by atoms with van der Waals surface area (Å²) in [6, 6.07) is 0.281. The molecule has 37 heavy (non-hydrogen) atoms. The summed E-state index contributed by atoms with van der Waals surface area (Å²) < 4.78 is 0. The summed E-state index contributed by atoms with van der Waals surface area (Å²) in [5.74, 6) is -4.23. The number of rotatable bonds is 15. The van der Waals surface area contributed by atoms with E-state index in [0.29, 0.717) is 12.0 Å². The molecule has 1 rings (SSSR count). The fourth-order valence-electron chi connectivity index (χ4n) is 3.12. The first-order valence-corrected chi connectivity index (χ1v) is 11.4. The molecule has 15 nitrogen and oxygen atoms in total. The van der Waals surface area contributed by atoms with Crippen LogP contribution in [-0.4, -0.2) is 93.5 Å². The third kappa shape index (κ3) is 11.1. The fourth-order valence-corrected chi connectivity index (χ4v) is 3.12. The van der Waals surface area contributed by atoms with Gasteiger partial charge >= 0.3 is 5.97 Å². The van der Waals surface area contributed by atoms with Crippen molar-refractivity contribution in [3.05, 3.63) is 29.8 Å². The van der Waals surface area contributed by atoms with E-state index in [1.807, 2.05) is 5.32 Å². The Labute approximate surface area is 213 Å². The maximum atomic E-state index is 13.0. The Balaban J connectivity index is 2.98. The highest BCUT2D eigenvalue weighted by atomic mass is 16.4. The zero-order valence-electron chi connectivity index (χ0n) is 20.3. The summed E-state index contributed by atoms with van der Waals surface area (Å²) in [6.45, 7) is 0.501. The number of carboxylic acids is 1. The standard InChI is InChI=1S/C22H35N7O8/c1-11(31)17(21(36)37)29-20(35)16(10-30)28-19(34)15(9-12-4-6-13(32)7-5-12)27-18(33)14(23)3-2-8-26-22(24)25/h4-7,11,14-17,30-32H,2-3,8-10,23H2,1H3,(H,27,33)(H,28,34)(H,29,35)(H,36,37)(H4,24,25,26). The van der Waals surface area contributed by atoms with E-state index in [9.17, 15) is 34.5 Å². The molecule has 0 saturated carbocycles. The molecule has 3 amide bonds. The topological polar surface area (TPSA) is 276 Å². The molecule has 1 aromatic carbocycles. The maximum Gasteiger partial charge on any atom is 0.328 e. The second kappa shape index (κ2) is 15.2. The SMILES string of the molecule is CC(O)C(NC(=O)C(CO)NC(=O)C(Cc1ccc(O)cc1)NC(=O)C(N)CCCN=C(N)N)C(=O)O. The Morgan fingerprint density at radius 2 is 1.54 bits per heavy atom. The number of benzene rings is 1. The van der Waals surface area contributed by atoms with E-state index in [1.165, 1.54) is 24.3 Å². The van der Waals surface area contributed by atoms with Gasteiger partial charge in [-0.2, -0.15) is 0 Å². The van der Waals surface area contributed by atoms with Crippen LogP contribution in [0.5, 0.6) is 5.75 Å². The lowest BCUT2D eigenvalue weighted by atomic mass is 10.0. The van der Waals surface area contributed by atoms with Gasteiger partial charge < -0.3 is 53.6 Å². The van der Waals surface area contributed by atoms with Gasteiger partial charge in [0.1, 0.15) is 17.8 Å². The number of carbonyl (C=O) groups excluding carboxylic acids is 3. The summed E-state index contributed by atoms with van der Waals surface area (Å²) in [6.07, 6.45) is -0.925. The summed E-state index contributed by atoms with van der Waals surface area (Å²) in [5, 5.41) is 44.6. The lowest BCUT2D eigenvalue weighted by molar-refractivity contribution is -0.145. The number of carboxylic acid groups (broad SMARTS) is 1. The van der Waals surface area contributed by atoms with Gasteiger partial charge in [-0.1, -0.05) is 12.1 Å². The number of hydrogen-bond donors (Lipinski definition) is 10. The predicted molar refractivity (Wildman–Crippen MR) is 132 cm³/mol. The van der Waals surface area contributed by atoms with Crippen LogP contribution in [0.2, 0.25) is 0 Å². The van der Waals surface area contributed by atoms with Crippen LogP contribution in [-0.2, 0) is 25.6 Å². The molecule has 0 aliphatic rings. The number of carbonyl (C=O) groups is 4. The molecule has 5 unspecified atom stereocenters. The molecule has 0 heterocycles. The number of guanidine groups is 1. The van der Waals surface area contributed by atoms with Crippen LogP contribution in [0.3, 0.4) is 0 Å². The molecular formula is C22H35N7O8. The maximum absolute atomic E-state index is 13.0. The first-order chi connectivity index (χ1) is 17.3. The van der Waals surface area contributed by atoms with Gasteiger partial charge in [-0.05, 0) is 37.5 Å². The molecule has 13 N–H and O–H groups in total. The van der Waals surface area contributed by atoms with Gasteiger partial charge in [0.25, 0.3) is 0 Å². The van der Waals surface area contributed by atoms with Crippen LogP contribution < -0.4 is 33.2 Å². The Morgan fingerprint density at radius 1 is 0.973 bits per heavy atom. The van der Waals surface area contributed by atoms with Crippen LogP contribution in [0.15, 0.2) is 29.3 Å². The van der Waals surface area contributed by atoms with Crippen LogP contribution in [0.25, 0.3) is 0 Å². The average Bonchev–Trinajstić information content (AvgIpc) is 2.83. The van der Waals surface area contributed by atoms with E-state index in [2.05, 4.69) is 15.6 Å². The van der Waals surface area contributed by atoms with E-state index < -0.39 is 60.6 Å². The zero-order chi connectivity index (χ0) is 28.1. The molecule has 206 valence electrons. The van der Waals surface area contributed by atoms with Gasteiger partial charge in [0.2, 0.25) is 17.7 Å². The number of aliphatic imine (C=N–C) groups is 1. The van der Waals surface area contributed by atoms with Crippen molar-refractivity contribution in [3.8, 4) is 5.75 Å². The molecule has 0 aromatic heterocycles. The predicted octanol–water partition coefficient (Wildman–Crippen LogP) is -3.77. The minimum absolute atomic E-state index is 0.0142. The van der Waals surface area contributed by atoms with Crippen LogP contribution in [0.4, 0.5) is 0 Å². The molecule has 0 aliphatic heterocycles. The van der Waals surface area contributed by atoms with Gasteiger partial charge in [0, 0.05) is 13.0 Å². The minimum atomic E-state index is -1.68. The number of phenols is 1. The molecule has 0 fully saturated rings. The van der Waals surface area contributed by atoms with Gasteiger partial charge in [-0.3, -0.25) is 19.4 Å². The normalized spacial score (nSPS) is 14.8. The number of aliphatic carboxylic acids is 1. The van der Waals surface area contributed by atoms with Crippen molar-refractivity contribution in [1.29, 1.82) is 0 Å². The lowest BCUT2D eigenvalue weighted by Gasteiger charge is -2.25. The van der Waals surface area contributed by atoms with Crippen molar-refractivity contribution in [3.63, 3.8) is 0 Å². The number of aliphatic hydroxyl groups is 2. The molecule has 0 aliphatic carbocycles. The van der Waals surface area contributed by atoms with Crippen molar-refractivity contribution in [1.82, 2.24) is 16.0 Å². The molecule has 0 spiro atoms. The quantitative estimate of drug-likeness (QED) is 0.0602. The molecule has 5 atom stereocenters. The highest BCUT2D eigenvalue weighted by molar-refractivity contribution is 5.94.